The third-order valence-corrected chi connectivity index (χ3v) is 2.85. The Kier molecular flexibility index (Phi) is 9.13. The lowest BCUT2D eigenvalue weighted by Gasteiger charge is -2.25. The minimum atomic E-state index is -4.78. The molecule has 11 heteroatoms. The maximum absolute atomic E-state index is 12.4. The molecule has 0 spiro atoms. The molecule has 0 fully saturated rings. The topological polar surface area (TPSA) is 58.6 Å². The third-order valence-electron chi connectivity index (χ3n) is 2.85. The van der Waals surface area contributed by atoms with Crippen LogP contribution >= 0.6 is 0 Å². The molecule has 0 rings (SSSR count). The van der Waals surface area contributed by atoms with Gasteiger partial charge in [0.1, 0.15) is 12.2 Å². The van der Waals surface area contributed by atoms with Crippen LogP contribution in [0.15, 0.2) is 0 Å². The number of rotatable bonds is 10. The van der Waals surface area contributed by atoms with Crippen molar-refractivity contribution in [3.8, 4) is 0 Å². The Labute approximate surface area is 128 Å². The normalized spacial score (nSPS) is 13.9. The molecule has 1 unspecified atom stereocenters. The Bertz CT molecular complexity index is 373. The summed E-state index contributed by atoms with van der Waals surface area (Å²) in [5.41, 5.74) is 0. The number of halogens is 6. The molecule has 0 aliphatic heterocycles. The fourth-order valence-electron chi connectivity index (χ4n) is 1.65. The molecule has 0 aromatic rings. The first-order valence-electron chi connectivity index (χ1n) is 6.58. The van der Waals surface area contributed by atoms with Crippen LogP contribution in [0.5, 0.6) is 0 Å². The average molecular weight is 352 g/mol. The highest BCUT2D eigenvalue weighted by atomic mass is 19.4. The second-order valence-electron chi connectivity index (χ2n) is 4.72. The highest BCUT2D eigenvalue weighted by molar-refractivity contribution is 5.71. The molecule has 0 saturated heterocycles. The summed E-state index contributed by atoms with van der Waals surface area (Å²) in [4.78, 5) is 21.9. The van der Waals surface area contributed by atoms with E-state index in [4.69, 9.17) is 0 Å². The maximum atomic E-state index is 12.4. The number of ether oxygens (including phenoxy) is 1. The summed E-state index contributed by atoms with van der Waals surface area (Å²) in [6, 6.07) is 0. The summed E-state index contributed by atoms with van der Waals surface area (Å²) in [7, 11) is 1.14. The van der Waals surface area contributed by atoms with Crippen molar-refractivity contribution >= 4 is 12.3 Å². The molecule has 23 heavy (non-hydrogen) atoms. The molecule has 0 radical (unpaired) electrons. The fourth-order valence-corrected chi connectivity index (χ4v) is 1.65. The van der Waals surface area contributed by atoms with E-state index in [1.165, 1.54) is 0 Å². The minimum absolute atomic E-state index is 0.0526. The molecule has 0 heterocycles. The lowest BCUT2D eigenvalue weighted by Crippen LogP contribution is -2.41. The summed E-state index contributed by atoms with van der Waals surface area (Å²) in [6.45, 7) is -2.47. The Morgan fingerprint density at radius 1 is 1.22 bits per heavy atom. The van der Waals surface area contributed by atoms with E-state index in [1.807, 2.05) is 0 Å². The van der Waals surface area contributed by atoms with Gasteiger partial charge in [0.05, 0.1) is 20.2 Å². The van der Waals surface area contributed by atoms with Gasteiger partial charge in [-0.05, 0) is 13.0 Å². The van der Waals surface area contributed by atoms with Gasteiger partial charge in [0.15, 0.2) is 0 Å². The number of esters is 1. The summed E-state index contributed by atoms with van der Waals surface area (Å²) in [6.07, 6.45) is -10.5. The van der Waals surface area contributed by atoms with Crippen molar-refractivity contribution in [3.63, 3.8) is 0 Å². The van der Waals surface area contributed by atoms with Crippen LogP contribution < -0.4 is 5.32 Å². The molecule has 0 aromatic carbocycles. The Morgan fingerprint density at radius 2 is 1.83 bits per heavy atom. The molecule has 1 N–H and O–H groups in total. The first-order valence-corrected chi connectivity index (χ1v) is 6.58. The SMILES string of the molecule is COC(=O)CNCCN(CCC(C=O)C(F)(F)F)CC(F)(F)F. The number of hydrogen-bond donors (Lipinski definition) is 1. The van der Waals surface area contributed by atoms with Gasteiger partial charge >= 0.3 is 18.3 Å². The van der Waals surface area contributed by atoms with Crippen LogP contribution in [-0.2, 0) is 14.3 Å². The zero-order chi connectivity index (χ0) is 18.1. The number of nitrogens with zero attached hydrogens (tertiary/aromatic N) is 1. The predicted octanol–water partition coefficient (Wildman–Crippen LogP) is 1.38. The number of alkyl halides is 6. The van der Waals surface area contributed by atoms with Crippen LogP contribution in [0, 0.1) is 5.92 Å². The van der Waals surface area contributed by atoms with Gasteiger partial charge in [-0.1, -0.05) is 0 Å². The van der Waals surface area contributed by atoms with Crippen molar-refractivity contribution in [1.29, 1.82) is 0 Å². The second kappa shape index (κ2) is 9.71. The lowest BCUT2D eigenvalue weighted by atomic mass is 10.1. The number of carbonyl (C=O) groups excluding carboxylic acids is 2. The van der Waals surface area contributed by atoms with E-state index >= 15 is 0 Å². The van der Waals surface area contributed by atoms with Crippen molar-refractivity contribution in [2.75, 3.05) is 39.8 Å². The van der Waals surface area contributed by atoms with Gasteiger partial charge in [-0.3, -0.25) is 9.69 Å². The first-order chi connectivity index (χ1) is 10.5. The highest BCUT2D eigenvalue weighted by Crippen LogP contribution is 2.27. The number of aldehydes is 1. The largest absolute Gasteiger partial charge is 0.468 e. The standard InChI is InChI=1S/C12H18F6N2O3/c1-23-10(22)6-19-3-5-20(8-11(13,14)15)4-2-9(7-21)12(16,17)18/h7,9,19H,2-6,8H2,1H3. The van der Waals surface area contributed by atoms with Crippen LogP contribution in [0.25, 0.3) is 0 Å². The molecular weight excluding hydrogens is 334 g/mol. The summed E-state index contributed by atoms with van der Waals surface area (Å²) in [5.74, 6) is -2.92. The maximum Gasteiger partial charge on any atom is 0.401 e. The monoisotopic (exact) mass is 352 g/mol. The van der Waals surface area contributed by atoms with Crippen molar-refractivity contribution in [2.45, 2.75) is 18.8 Å². The minimum Gasteiger partial charge on any atom is -0.468 e. The van der Waals surface area contributed by atoms with Gasteiger partial charge in [0.2, 0.25) is 0 Å². The van der Waals surface area contributed by atoms with E-state index < -0.39 is 43.8 Å². The van der Waals surface area contributed by atoms with Crippen LogP contribution in [0.1, 0.15) is 6.42 Å². The van der Waals surface area contributed by atoms with Gasteiger partial charge in [0, 0.05) is 13.1 Å². The van der Waals surface area contributed by atoms with Crippen molar-refractivity contribution in [2.24, 2.45) is 5.92 Å². The van der Waals surface area contributed by atoms with E-state index in [2.05, 4.69) is 10.1 Å². The molecule has 5 nitrogen and oxygen atoms in total. The van der Waals surface area contributed by atoms with E-state index in [1.54, 1.807) is 0 Å². The predicted molar refractivity (Wildman–Crippen MR) is 67.6 cm³/mol. The summed E-state index contributed by atoms with van der Waals surface area (Å²) < 4.78 is 78.8. The first kappa shape index (κ1) is 21.6. The highest BCUT2D eigenvalue weighted by Gasteiger charge is 2.40. The molecule has 136 valence electrons. The molecule has 1 atom stereocenters. The fraction of sp³-hybridized carbons (Fsp3) is 0.833. The van der Waals surface area contributed by atoms with Gasteiger partial charge in [-0.2, -0.15) is 26.3 Å². The van der Waals surface area contributed by atoms with E-state index in [0.29, 0.717) is 0 Å². The van der Waals surface area contributed by atoms with Gasteiger partial charge in [-0.25, -0.2) is 0 Å². The van der Waals surface area contributed by atoms with Gasteiger partial charge in [0.25, 0.3) is 0 Å². The van der Waals surface area contributed by atoms with Crippen LogP contribution in [0.2, 0.25) is 0 Å². The van der Waals surface area contributed by atoms with Gasteiger partial charge in [-0.15, -0.1) is 0 Å². The van der Waals surface area contributed by atoms with Gasteiger partial charge < -0.3 is 14.8 Å². The second-order valence-corrected chi connectivity index (χ2v) is 4.72. The van der Waals surface area contributed by atoms with Crippen LogP contribution in [-0.4, -0.2) is 69.3 Å². The molecule has 0 aliphatic carbocycles. The van der Waals surface area contributed by atoms with Crippen LogP contribution in [0.3, 0.4) is 0 Å². The number of nitrogens with one attached hydrogen (secondary N) is 1. The Balaban J connectivity index is 4.45. The number of carbonyl (C=O) groups is 2. The molecule has 0 bridgehead atoms. The molecule has 0 saturated carbocycles. The lowest BCUT2D eigenvalue weighted by molar-refractivity contribution is -0.178. The molecular formula is C12H18F6N2O3. The molecule has 0 amide bonds. The number of methoxy groups -OCH3 is 1. The number of hydrogen-bond acceptors (Lipinski definition) is 5. The van der Waals surface area contributed by atoms with E-state index in [9.17, 15) is 35.9 Å². The zero-order valence-corrected chi connectivity index (χ0v) is 12.3. The van der Waals surface area contributed by atoms with E-state index in [0.717, 1.165) is 12.0 Å². The third kappa shape index (κ3) is 10.9. The Hall–Kier alpha value is -1.36. The smallest absolute Gasteiger partial charge is 0.401 e. The zero-order valence-electron chi connectivity index (χ0n) is 12.3. The Morgan fingerprint density at radius 3 is 2.26 bits per heavy atom. The average Bonchev–Trinajstić information content (AvgIpc) is 2.40. The summed E-state index contributed by atoms with van der Waals surface area (Å²) >= 11 is 0. The van der Waals surface area contributed by atoms with Crippen molar-refractivity contribution in [3.05, 3.63) is 0 Å². The quantitative estimate of drug-likeness (QED) is 0.279. The van der Waals surface area contributed by atoms with Crippen molar-refractivity contribution in [1.82, 2.24) is 10.2 Å². The van der Waals surface area contributed by atoms with E-state index in [-0.39, 0.29) is 25.9 Å². The van der Waals surface area contributed by atoms with Crippen LogP contribution in [0.4, 0.5) is 26.3 Å². The van der Waals surface area contributed by atoms with Crippen molar-refractivity contribution < 1.29 is 40.7 Å². The molecule has 0 aromatic heterocycles. The molecule has 0 aliphatic rings. The summed E-state index contributed by atoms with van der Waals surface area (Å²) in [5, 5.41) is 2.51.